The van der Waals surface area contributed by atoms with Gasteiger partial charge in [-0.25, -0.2) is 4.79 Å². The Labute approximate surface area is 151 Å². The number of hydrogen-bond donors (Lipinski definition) is 2. The first kappa shape index (κ1) is 17.5. The second-order valence-corrected chi connectivity index (χ2v) is 5.55. The molecule has 1 aromatic heterocycles. The molecule has 6 nitrogen and oxygen atoms in total. The molecule has 0 aliphatic rings. The number of benzene rings is 2. The standard InChI is InChI=1S/C20H20N2O4/c1-3-25-18-11-15-16(8-9-21-17(15)12-19(18)26-4-2)22-14-7-5-6-13(10-14)20(23)24/h5-12H,3-4H2,1-2H3,(H,21,22)(H,23,24). The number of aromatic carboxylic acids is 1. The minimum atomic E-state index is -0.965. The van der Waals surface area contributed by atoms with Gasteiger partial charge < -0.3 is 19.9 Å². The van der Waals surface area contributed by atoms with Crippen molar-refractivity contribution in [1.29, 1.82) is 0 Å². The fourth-order valence-electron chi connectivity index (χ4n) is 2.68. The lowest BCUT2D eigenvalue weighted by Crippen LogP contribution is -2.00. The molecule has 0 amide bonds. The number of fused-ring (bicyclic) bond motifs is 1. The van der Waals surface area contributed by atoms with Crippen molar-refractivity contribution < 1.29 is 19.4 Å². The molecular formula is C20H20N2O4. The van der Waals surface area contributed by atoms with Crippen molar-refractivity contribution in [3.63, 3.8) is 0 Å². The van der Waals surface area contributed by atoms with Gasteiger partial charge in [-0.3, -0.25) is 4.98 Å². The number of carbonyl (C=O) groups is 1. The minimum absolute atomic E-state index is 0.224. The highest BCUT2D eigenvalue weighted by Crippen LogP contribution is 2.35. The summed E-state index contributed by atoms with van der Waals surface area (Å²) in [6.45, 7) is 4.89. The van der Waals surface area contributed by atoms with Crippen molar-refractivity contribution >= 4 is 28.2 Å². The maximum atomic E-state index is 11.2. The highest BCUT2D eigenvalue weighted by Gasteiger charge is 2.11. The molecule has 0 bridgehead atoms. The normalized spacial score (nSPS) is 10.5. The van der Waals surface area contributed by atoms with Crippen LogP contribution in [0.25, 0.3) is 10.9 Å². The summed E-state index contributed by atoms with van der Waals surface area (Å²) in [5.74, 6) is 0.338. The Balaban J connectivity index is 2.04. The number of rotatable bonds is 7. The van der Waals surface area contributed by atoms with Gasteiger partial charge in [-0.05, 0) is 44.2 Å². The lowest BCUT2D eigenvalue weighted by Gasteiger charge is -2.14. The van der Waals surface area contributed by atoms with E-state index in [1.807, 2.05) is 38.1 Å². The summed E-state index contributed by atoms with van der Waals surface area (Å²) in [5.41, 5.74) is 2.48. The van der Waals surface area contributed by atoms with Crippen LogP contribution >= 0.6 is 0 Å². The van der Waals surface area contributed by atoms with Gasteiger partial charge >= 0.3 is 5.97 Å². The lowest BCUT2D eigenvalue weighted by molar-refractivity contribution is 0.0697. The van der Waals surface area contributed by atoms with Crippen LogP contribution in [0.3, 0.4) is 0 Å². The van der Waals surface area contributed by atoms with E-state index in [2.05, 4.69) is 10.3 Å². The van der Waals surface area contributed by atoms with Crippen LogP contribution in [0.2, 0.25) is 0 Å². The maximum Gasteiger partial charge on any atom is 0.335 e. The third kappa shape index (κ3) is 3.69. The minimum Gasteiger partial charge on any atom is -0.490 e. The van der Waals surface area contributed by atoms with E-state index in [1.165, 1.54) is 0 Å². The molecular weight excluding hydrogens is 332 g/mol. The topological polar surface area (TPSA) is 80.7 Å². The van der Waals surface area contributed by atoms with E-state index >= 15 is 0 Å². The summed E-state index contributed by atoms with van der Waals surface area (Å²) >= 11 is 0. The molecule has 2 aromatic carbocycles. The van der Waals surface area contributed by atoms with E-state index < -0.39 is 5.97 Å². The summed E-state index contributed by atoms with van der Waals surface area (Å²) in [6, 6.07) is 12.2. The fraction of sp³-hybridized carbons (Fsp3) is 0.200. The number of hydrogen-bond acceptors (Lipinski definition) is 5. The smallest absolute Gasteiger partial charge is 0.335 e. The van der Waals surface area contributed by atoms with Gasteiger partial charge in [0.25, 0.3) is 0 Å². The van der Waals surface area contributed by atoms with Crippen molar-refractivity contribution in [2.45, 2.75) is 13.8 Å². The summed E-state index contributed by atoms with van der Waals surface area (Å²) in [6.07, 6.45) is 1.70. The molecule has 0 saturated heterocycles. The monoisotopic (exact) mass is 352 g/mol. The first-order chi connectivity index (χ1) is 12.6. The molecule has 0 saturated carbocycles. The molecule has 0 spiro atoms. The molecule has 3 rings (SSSR count). The molecule has 26 heavy (non-hydrogen) atoms. The van der Waals surface area contributed by atoms with Gasteiger partial charge in [0.1, 0.15) is 0 Å². The van der Waals surface area contributed by atoms with Crippen LogP contribution in [0.4, 0.5) is 11.4 Å². The molecule has 0 aliphatic carbocycles. The zero-order valence-electron chi connectivity index (χ0n) is 14.7. The van der Waals surface area contributed by atoms with E-state index in [4.69, 9.17) is 14.6 Å². The zero-order chi connectivity index (χ0) is 18.5. The first-order valence-electron chi connectivity index (χ1n) is 8.41. The zero-order valence-corrected chi connectivity index (χ0v) is 14.7. The highest BCUT2D eigenvalue weighted by molar-refractivity contribution is 5.95. The van der Waals surface area contributed by atoms with E-state index in [9.17, 15) is 4.79 Å². The first-order valence-corrected chi connectivity index (χ1v) is 8.41. The van der Waals surface area contributed by atoms with Crippen molar-refractivity contribution in [3.8, 4) is 11.5 Å². The number of aromatic nitrogens is 1. The Morgan fingerprint density at radius 1 is 1.08 bits per heavy atom. The van der Waals surface area contributed by atoms with E-state index in [-0.39, 0.29) is 5.56 Å². The number of carboxylic acids is 1. The van der Waals surface area contributed by atoms with Crippen LogP contribution in [0, 0.1) is 0 Å². The van der Waals surface area contributed by atoms with Crippen molar-refractivity contribution in [2.75, 3.05) is 18.5 Å². The predicted octanol–water partition coefficient (Wildman–Crippen LogP) is 4.47. The average molecular weight is 352 g/mol. The van der Waals surface area contributed by atoms with Crippen LogP contribution in [0.15, 0.2) is 48.7 Å². The predicted molar refractivity (Wildman–Crippen MR) is 101 cm³/mol. The quantitative estimate of drug-likeness (QED) is 0.653. The van der Waals surface area contributed by atoms with Crippen LogP contribution in [0.1, 0.15) is 24.2 Å². The van der Waals surface area contributed by atoms with Gasteiger partial charge in [0.2, 0.25) is 0 Å². The van der Waals surface area contributed by atoms with Gasteiger partial charge in [0.15, 0.2) is 11.5 Å². The molecule has 0 fully saturated rings. The molecule has 0 radical (unpaired) electrons. The molecule has 1 heterocycles. The lowest BCUT2D eigenvalue weighted by atomic mass is 10.1. The number of ether oxygens (including phenoxy) is 2. The third-order valence-corrected chi connectivity index (χ3v) is 3.80. The SMILES string of the molecule is CCOc1cc2nccc(Nc3cccc(C(=O)O)c3)c2cc1OCC. The Kier molecular flexibility index (Phi) is 5.22. The Hall–Kier alpha value is -3.28. The van der Waals surface area contributed by atoms with E-state index in [0.717, 1.165) is 16.6 Å². The second kappa shape index (κ2) is 7.74. The molecule has 0 atom stereocenters. The van der Waals surface area contributed by atoms with Crippen molar-refractivity contribution in [2.24, 2.45) is 0 Å². The highest BCUT2D eigenvalue weighted by atomic mass is 16.5. The number of nitrogens with one attached hydrogen (secondary N) is 1. The van der Waals surface area contributed by atoms with Crippen LogP contribution in [-0.2, 0) is 0 Å². The number of nitrogens with zero attached hydrogens (tertiary/aromatic N) is 1. The molecule has 134 valence electrons. The molecule has 3 aromatic rings. The summed E-state index contributed by atoms with van der Waals surface area (Å²) in [4.78, 5) is 15.6. The number of carboxylic acid groups (broad SMARTS) is 1. The van der Waals surface area contributed by atoms with Crippen LogP contribution in [-0.4, -0.2) is 29.3 Å². The van der Waals surface area contributed by atoms with E-state index in [0.29, 0.717) is 30.4 Å². The van der Waals surface area contributed by atoms with Crippen LogP contribution < -0.4 is 14.8 Å². The molecule has 2 N–H and O–H groups in total. The van der Waals surface area contributed by atoms with Gasteiger partial charge in [-0.15, -0.1) is 0 Å². The molecule has 0 unspecified atom stereocenters. The Morgan fingerprint density at radius 2 is 1.81 bits per heavy atom. The average Bonchev–Trinajstić information content (AvgIpc) is 2.63. The van der Waals surface area contributed by atoms with Gasteiger partial charge in [0, 0.05) is 29.0 Å². The fourth-order valence-corrected chi connectivity index (χ4v) is 2.68. The summed E-state index contributed by atoms with van der Waals surface area (Å²) < 4.78 is 11.3. The number of anilines is 2. The number of pyridine rings is 1. The van der Waals surface area contributed by atoms with Gasteiger partial charge in [0.05, 0.1) is 24.3 Å². The summed E-state index contributed by atoms with van der Waals surface area (Å²) in [5, 5.41) is 13.3. The van der Waals surface area contributed by atoms with Crippen LogP contribution in [0.5, 0.6) is 11.5 Å². The second-order valence-electron chi connectivity index (χ2n) is 5.55. The largest absolute Gasteiger partial charge is 0.490 e. The van der Waals surface area contributed by atoms with E-state index in [1.54, 1.807) is 24.4 Å². The van der Waals surface area contributed by atoms with Gasteiger partial charge in [-0.1, -0.05) is 6.07 Å². The molecule has 6 heteroatoms. The Morgan fingerprint density at radius 3 is 2.50 bits per heavy atom. The maximum absolute atomic E-state index is 11.2. The van der Waals surface area contributed by atoms with Crippen molar-refractivity contribution in [3.05, 3.63) is 54.2 Å². The molecule has 0 aliphatic heterocycles. The Bertz CT molecular complexity index is 940. The third-order valence-electron chi connectivity index (χ3n) is 3.80. The van der Waals surface area contributed by atoms with Gasteiger partial charge in [-0.2, -0.15) is 0 Å². The van der Waals surface area contributed by atoms with Crippen molar-refractivity contribution in [1.82, 2.24) is 4.98 Å². The summed E-state index contributed by atoms with van der Waals surface area (Å²) in [7, 11) is 0.